The summed E-state index contributed by atoms with van der Waals surface area (Å²) in [6.45, 7) is 11.4. The van der Waals surface area contributed by atoms with Crippen LogP contribution in [0.1, 0.15) is 34.1 Å². The van der Waals surface area contributed by atoms with Crippen LogP contribution in [0, 0.1) is 0 Å². The van der Waals surface area contributed by atoms with Crippen LogP contribution in [0.15, 0.2) is 35.6 Å². The number of carbonyl (C=O) groups excluding carboxylic acids is 1. The molecule has 78 valence electrons. The van der Waals surface area contributed by atoms with E-state index in [0.717, 1.165) is 16.8 Å². The number of hydrogen-bond acceptors (Lipinski definition) is 1. The third-order valence-corrected chi connectivity index (χ3v) is 1.67. The third-order valence-electron chi connectivity index (χ3n) is 1.67. The van der Waals surface area contributed by atoms with Crippen LogP contribution in [-0.4, -0.2) is 5.91 Å². The Labute approximate surface area is 86.4 Å². The Morgan fingerprint density at radius 3 is 2.21 bits per heavy atom. The van der Waals surface area contributed by atoms with Crippen molar-refractivity contribution in [2.75, 3.05) is 0 Å². The van der Waals surface area contributed by atoms with Crippen LogP contribution in [0.4, 0.5) is 0 Å². The van der Waals surface area contributed by atoms with E-state index >= 15 is 0 Å². The van der Waals surface area contributed by atoms with Crippen LogP contribution in [0.5, 0.6) is 0 Å². The Balaban J connectivity index is 4.57. The van der Waals surface area contributed by atoms with Crippen LogP contribution in [0.25, 0.3) is 0 Å². The van der Waals surface area contributed by atoms with E-state index in [4.69, 9.17) is 0 Å². The Hall–Kier alpha value is -1.31. The summed E-state index contributed by atoms with van der Waals surface area (Å²) in [7, 11) is 0. The van der Waals surface area contributed by atoms with Crippen LogP contribution in [0.2, 0.25) is 0 Å². The van der Waals surface area contributed by atoms with Gasteiger partial charge in [-0.25, -0.2) is 0 Å². The van der Waals surface area contributed by atoms with Crippen molar-refractivity contribution in [1.82, 2.24) is 5.32 Å². The molecule has 2 heteroatoms. The molecule has 0 atom stereocenters. The number of amides is 1. The molecule has 2 nitrogen and oxygen atoms in total. The molecule has 1 N–H and O–H groups in total. The molecule has 0 aliphatic rings. The molecule has 0 aromatic rings. The Kier molecular flexibility index (Phi) is 5.61. The van der Waals surface area contributed by atoms with Gasteiger partial charge in [-0.3, -0.25) is 4.79 Å². The van der Waals surface area contributed by atoms with E-state index < -0.39 is 0 Å². The van der Waals surface area contributed by atoms with Gasteiger partial charge in [0.1, 0.15) is 0 Å². The number of rotatable bonds is 4. The third kappa shape index (κ3) is 5.36. The molecular formula is C12H19NO. The topological polar surface area (TPSA) is 29.1 Å². The van der Waals surface area contributed by atoms with Crippen molar-refractivity contribution in [2.24, 2.45) is 0 Å². The van der Waals surface area contributed by atoms with Crippen molar-refractivity contribution in [3.05, 3.63) is 35.6 Å². The van der Waals surface area contributed by atoms with Crippen molar-refractivity contribution in [2.45, 2.75) is 34.1 Å². The van der Waals surface area contributed by atoms with Crippen LogP contribution in [-0.2, 0) is 4.79 Å². The van der Waals surface area contributed by atoms with E-state index in [0.29, 0.717) is 6.42 Å². The quantitative estimate of drug-likeness (QED) is 0.683. The first-order chi connectivity index (χ1) is 6.47. The molecule has 1 amide bonds. The minimum absolute atomic E-state index is 0.0348. The van der Waals surface area contributed by atoms with Gasteiger partial charge in [0, 0.05) is 12.1 Å². The molecule has 0 aromatic carbocycles. The highest BCUT2D eigenvalue weighted by Crippen LogP contribution is 2.03. The van der Waals surface area contributed by atoms with Gasteiger partial charge in [-0.15, -0.1) is 0 Å². The molecule has 0 saturated carbocycles. The van der Waals surface area contributed by atoms with Gasteiger partial charge in [-0.2, -0.15) is 0 Å². The summed E-state index contributed by atoms with van der Waals surface area (Å²) < 4.78 is 0. The van der Waals surface area contributed by atoms with Crippen LogP contribution in [0.3, 0.4) is 0 Å². The van der Waals surface area contributed by atoms with Crippen molar-refractivity contribution in [1.29, 1.82) is 0 Å². The van der Waals surface area contributed by atoms with Gasteiger partial charge >= 0.3 is 0 Å². The van der Waals surface area contributed by atoms with Crippen molar-refractivity contribution in [3.63, 3.8) is 0 Å². The lowest BCUT2D eigenvalue weighted by atomic mass is 10.2. The average Bonchev–Trinajstić information content (AvgIpc) is 2.10. The number of carbonyl (C=O) groups is 1. The molecule has 0 unspecified atom stereocenters. The molecule has 0 spiro atoms. The summed E-state index contributed by atoms with van der Waals surface area (Å²) in [5, 5.41) is 2.83. The highest BCUT2D eigenvalue weighted by molar-refractivity contribution is 5.78. The predicted octanol–water partition coefficient (Wildman–Crippen LogP) is 2.94. The van der Waals surface area contributed by atoms with Crippen LogP contribution < -0.4 is 5.32 Å². The van der Waals surface area contributed by atoms with Gasteiger partial charge in [-0.05, 0) is 26.8 Å². The summed E-state index contributed by atoms with van der Waals surface area (Å²) in [4.78, 5) is 11.2. The molecule has 0 rings (SSSR count). The van der Waals surface area contributed by atoms with E-state index in [1.54, 1.807) is 0 Å². The first-order valence-electron chi connectivity index (χ1n) is 4.78. The predicted molar refractivity (Wildman–Crippen MR) is 60.8 cm³/mol. The lowest BCUT2D eigenvalue weighted by Crippen LogP contribution is -2.21. The maximum atomic E-state index is 11.2. The second-order valence-electron chi connectivity index (χ2n) is 3.50. The van der Waals surface area contributed by atoms with E-state index in [2.05, 4.69) is 11.9 Å². The summed E-state index contributed by atoms with van der Waals surface area (Å²) >= 11 is 0. The summed E-state index contributed by atoms with van der Waals surface area (Å²) in [5.74, 6) is 0.0348. The zero-order chi connectivity index (χ0) is 11.1. The Bertz CT molecular complexity index is 281. The summed E-state index contributed by atoms with van der Waals surface area (Å²) in [5.41, 5.74) is 2.92. The van der Waals surface area contributed by atoms with Gasteiger partial charge in [-0.1, -0.05) is 30.7 Å². The van der Waals surface area contributed by atoms with E-state index in [1.165, 1.54) is 0 Å². The first-order valence-corrected chi connectivity index (χ1v) is 4.78. The average molecular weight is 193 g/mol. The summed E-state index contributed by atoms with van der Waals surface area (Å²) in [6.07, 6.45) is 4.27. The minimum Gasteiger partial charge on any atom is -0.326 e. The van der Waals surface area contributed by atoms with E-state index in [-0.39, 0.29) is 5.91 Å². The SMILES string of the molecule is C=C(C)/C=C\C(NC(=O)CC)=C(C)C. The molecular weight excluding hydrogens is 174 g/mol. The van der Waals surface area contributed by atoms with Gasteiger partial charge in [0.2, 0.25) is 5.91 Å². The van der Waals surface area contributed by atoms with Gasteiger partial charge in [0.25, 0.3) is 0 Å². The highest BCUT2D eigenvalue weighted by atomic mass is 16.1. The molecule has 0 saturated heterocycles. The largest absolute Gasteiger partial charge is 0.326 e. The maximum absolute atomic E-state index is 11.2. The second-order valence-corrected chi connectivity index (χ2v) is 3.50. The molecule has 0 aliphatic heterocycles. The van der Waals surface area contributed by atoms with Crippen LogP contribution >= 0.6 is 0 Å². The molecule has 0 aromatic heterocycles. The van der Waals surface area contributed by atoms with E-state index in [9.17, 15) is 4.79 Å². The van der Waals surface area contributed by atoms with Crippen molar-refractivity contribution in [3.8, 4) is 0 Å². The fourth-order valence-electron chi connectivity index (χ4n) is 0.798. The number of nitrogens with one attached hydrogen (secondary N) is 1. The van der Waals surface area contributed by atoms with Crippen molar-refractivity contribution < 1.29 is 4.79 Å². The molecule has 0 bridgehead atoms. The highest BCUT2D eigenvalue weighted by Gasteiger charge is 1.99. The lowest BCUT2D eigenvalue weighted by Gasteiger charge is -2.06. The lowest BCUT2D eigenvalue weighted by molar-refractivity contribution is -0.120. The molecule has 0 radical (unpaired) electrons. The number of allylic oxidation sites excluding steroid dienone is 4. The molecule has 0 aliphatic carbocycles. The zero-order valence-electron chi connectivity index (χ0n) is 9.48. The summed E-state index contributed by atoms with van der Waals surface area (Å²) in [6, 6.07) is 0. The monoisotopic (exact) mass is 193 g/mol. The van der Waals surface area contributed by atoms with Gasteiger partial charge in [0.15, 0.2) is 0 Å². The fraction of sp³-hybridized carbons (Fsp3) is 0.417. The molecule has 0 fully saturated rings. The minimum atomic E-state index is 0.0348. The zero-order valence-corrected chi connectivity index (χ0v) is 9.48. The van der Waals surface area contributed by atoms with Gasteiger partial charge < -0.3 is 5.32 Å². The maximum Gasteiger partial charge on any atom is 0.224 e. The first kappa shape index (κ1) is 12.7. The molecule has 0 heterocycles. The Morgan fingerprint density at radius 2 is 1.86 bits per heavy atom. The number of hydrogen-bond donors (Lipinski definition) is 1. The van der Waals surface area contributed by atoms with Crippen molar-refractivity contribution >= 4 is 5.91 Å². The smallest absolute Gasteiger partial charge is 0.224 e. The fourth-order valence-corrected chi connectivity index (χ4v) is 0.798. The second kappa shape index (κ2) is 6.19. The van der Waals surface area contributed by atoms with Gasteiger partial charge in [0.05, 0.1) is 0 Å². The normalized spacial score (nSPS) is 10.0. The standard InChI is InChI=1S/C12H19NO/c1-6-12(14)13-11(10(4)5)8-7-9(2)3/h7-8H,2,6H2,1,3-5H3,(H,13,14)/b8-7-. The Morgan fingerprint density at radius 1 is 1.29 bits per heavy atom. The van der Waals surface area contributed by atoms with E-state index in [1.807, 2.05) is 39.8 Å². The molecule has 14 heavy (non-hydrogen) atoms.